The zero-order valence-corrected chi connectivity index (χ0v) is 15.1. The minimum Gasteiger partial charge on any atom is -0.340 e. The lowest BCUT2D eigenvalue weighted by atomic mass is 10.1. The molecule has 146 valence electrons. The molecule has 2 heterocycles. The molecule has 1 aromatic heterocycles. The second-order valence-electron chi connectivity index (χ2n) is 7.27. The van der Waals surface area contributed by atoms with Gasteiger partial charge in [0.05, 0.1) is 11.3 Å². The Balaban J connectivity index is 1.92. The molecule has 1 aromatic carbocycles. The van der Waals surface area contributed by atoms with E-state index in [4.69, 9.17) is 0 Å². The summed E-state index contributed by atoms with van der Waals surface area (Å²) in [4.78, 5) is 5.38. The second kappa shape index (κ2) is 6.66. The highest BCUT2D eigenvalue weighted by Gasteiger charge is 2.43. The van der Waals surface area contributed by atoms with Crippen molar-refractivity contribution in [2.45, 2.75) is 44.7 Å². The van der Waals surface area contributed by atoms with Crippen molar-refractivity contribution >= 4 is 17.1 Å². The van der Waals surface area contributed by atoms with Gasteiger partial charge in [0.25, 0.3) is 0 Å². The lowest BCUT2D eigenvalue weighted by Crippen LogP contribution is -2.43. The van der Waals surface area contributed by atoms with Crippen molar-refractivity contribution in [2.24, 2.45) is 10.9 Å². The number of benzene rings is 1. The Kier molecular flexibility index (Phi) is 4.41. The van der Waals surface area contributed by atoms with Gasteiger partial charge in [-0.25, -0.2) is 4.39 Å². The van der Waals surface area contributed by atoms with Crippen LogP contribution >= 0.6 is 0 Å². The Labute approximate surface area is 159 Å². The van der Waals surface area contributed by atoms with E-state index in [1.807, 2.05) is 4.57 Å². The largest absolute Gasteiger partial charge is 0.408 e. The van der Waals surface area contributed by atoms with Gasteiger partial charge in [-0.1, -0.05) is 0 Å². The Bertz CT molecular complexity index is 1010. The predicted molar refractivity (Wildman–Crippen MR) is 97.1 cm³/mol. The lowest BCUT2D eigenvalue weighted by molar-refractivity contribution is -0.177. The summed E-state index contributed by atoms with van der Waals surface area (Å²) >= 11 is 0. The average Bonchev–Trinajstić information content (AvgIpc) is 3.42. The predicted octanol–water partition coefficient (Wildman–Crippen LogP) is 4.91. The molecule has 0 amide bonds. The van der Waals surface area contributed by atoms with Gasteiger partial charge in [0, 0.05) is 29.9 Å². The van der Waals surface area contributed by atoms with E-state index in [0.29, 0.717) is 29.1 Å². The molecule has 1 fully saturated rings. The number of hydrogen-bond donors (Lipinski definition) is 0. The molecule has 2 aromatic rings. The number of allylic oxidation sites excluding steroid dienone is 1. The third-order valence-electron chi connectivity index (χ3n) is 5.33. The molecule has 8 heteroatoms. The highest BCUT2D eigenvalue weighted by molar-refractivity contribution is 5.88. The van der Waals surface area contributed by atoms with Gasteiger partial charge in [-0.05, 0) is 50.0 Å². The maximum absolute atomic E-state index is 13.9. The highest BCUT2D eigenvalue weighted by Crippen LogP contribution is 2.41. The maximum atomic E-state index is 13.9. The molecular weight excluding hydrogens is 372 g/mol. The van der Waals surface area contributed by atoms with Crippen LogP contribution in [0.5, 0.6) is 0 Å². The van der Waals surface area contributed by atoms with Crippen LogP contribution in [0.25, 0.3) is 10.9 Å². The van der Waals surface area contributed by atoms with E-state index in [0.717, 1.165) is 24.7 Å². The monoisotopic (exact) mass is 390 g/mol. The number of rotatable bonds is 4. The van der Waals surface area contributed by atoms with Gasteiger partial charge in [0.2, 0.25) is 0 Å². The molecule has 28 heavy (non-hydrogen) atoms. The quantitative estimate of drug-likeness (QED) is 0.696. The molecule has 1 aliphatic heterocycles. The van der Waals surface area contributed by atoms with Gasteiger partial charge in [0.1, 0.15) is 17.9 Å². The summed E-state index contributed by atoms with van der Waals surface area (Å²) in [6, 6.07) is 4.44. The molecule has 0 bridgehead atoms. The normalized spacial score (nSPS) is 20.6. The van der Waals surface area contributed by atoms with Crippen molar-refractivity contribution in [2.75, 3.05) is 0 Å². The first kappa shape index (κ1) is 18.5. The zero-order chi connectivity index (χ0) is 20.1. The van der Waals surface area contributed by atoms with Gasteiger partial charge in [-0.15, -0.1) is 0 Å². The molecule has 0 spiro atoms. The van der Waals surface area contributed by atoms with Crippen molar-refractivity contribution in [3.63, 3.8) is 0 Å². The molecule has 4 nitrogen and oxygen atoms in total. The van der Waals surface area contributed by atoms with Gasteiger partial charge < -0.3 is 9.47 Å². The summed E-state index contributed by atoms with van der Waals surface area (Å²) in [5.41, 5.74) is 1.20. The van der Waals surface area contributed by atoms with Crippen LogP contribution in [0.4, 0.5) is 17.6 Å². The number of nitriles is 1. The number of aliphatic imine (C=N–C) groups is 1. The number of aromatic nitrogens is 1. The Morgan fingerprint density at radius 2 is 2.07 bits per heavy atom. The standard InChI is InChI=1S/C20H18F4N4/c1-12(20(22,23)24)27-8-2-7-26-19(27)18-16(10-25)15-9-14(21)5-6-17(15)28(18)11-13-3-4-13/h2,5-9,12-13,19H,3-4,11H2,1H3/t12-,19?/m0/s1. The third kappa shape index (κ3) is 3.15. The Morgan fingerprint density at radius 3 is 2.71 bits per heavy atom. The van der Waals surface area contributed by atoms with E-state index in [1.165, 1.54) is 30.6 Å². The minimum absolute atomic E-state index is 0.173. The van der Waals surface area contributed by atoms with Gasteiger partial charge in [0.15, 0.2) is 6.17 Å². The molecule has 4 rings (SSSR count). The van der Waals surface area contributed by atoms with Crippen LogP contribution < -0.4 is 0 Å². The van der Waals surface area contributed by atoms with Crippen LogP contribution in [0.15, 0.2) is 35.5 Å². The van der Waals surface area contributed by atoms with E-state index in [9.17, 15) is 22.8 Å². The summed E-state index contributed by atoms with van der Waals surface area (Å²) < 4.78 is 56.0. The fourth-order valence-electron chi connectivity index (χ4n) is 3.64. The van der Waals surface area contributed by atoms with Crippen LogP contribution in [-0.4, -0.2) is 27.9 Å². The molecule has 1 unspecified atom stereocenters. The van der Waals surface area contributed by atoms with Crippen molar-refractivity contribution in [1.29, 1.82) is 5.26 Å². The van der Waals surface area contributed by atoms with E-state index >= 15 is 0 Å². The van der Waals surface area contributed by atoms with Gasteiger partial charge >= 0.3 is 6.18 Å². The van der Waals surface area contributed by atoms with Crippen LogP contribution in [-0.2, 0) is 6.54 Å². The fourth-order valence-corrected chi connectivity index (χ4v) is 3.64. The number of nitrogens with zero attached hydrogens (tertiary/aromatic N) is 4. The summed E-state index contributed by atoms with van der Waals surface area (Å²) in [5.74, 6) is -0.0887. The molecule has 2 aliphatic rings. The molecular formula is C20H18F4N4. The van der Waals surface area contributed by atoms with Crippen molar-refractivity contribution in [3.05, 3.63) is 47.5 Å². The summed E-state index contributed by atoms with van der Waals surface area (Å²) in [6.45, 7) is 1.64. The van der Waals surface area contributed by atoms with E-state index < -0.39 is 24.2 Å². The number of halogens is 4. The molecule has 0 saturated heterocycles. The van der Waals surface area contributed by atoms with E-state index in [1.54, 1.807) is 6.07 Å². The summed E-state index contributed by atoms with van der Waals surface area (Å²) in [6.07, 6.45) is 0.810. The first-order valence-corrected chi connectivity index (χ1v) is 9.07. The Morgan fingerprint density at radius 1 is 1.32 bits per heavy atom. The smallest absolute Gasteiger partial charge is 0.340 e. The fraction of sp³-hybridized carbons (Fsp3) is 0.400. The van der Waals surface area contributed by atoms with Crippen molar-refractivity contribution < 1.29 is 17.6 Å². The molecule has 1 aliphatic carbocycles. The topological polar surface area (TPSA) is 44.3 Å². The van der Waals surface area contributed by atoms with Crippen LogP contribution in [0.3, 0.4) is 0 Å². The molecule has 0 N–H and O–H groups in total. The van der Waals surface area contributed by atoms with E-state index in [-0.39, 0.29) is 5.56 Å². The van der Waals surface area contributed by atoms with Crippen molar-refractivity contribution in [3.8, 4) is 6.07 Å². The van der Waals surface area contributed by atoms with E-state index in [2.05, 4.69) is 11.1 Å². The molecule has 1 saturated carbocycles. The zero-order valence-electron chi connectivity index (χ0n) is 15.1. The van der Waals surface area contributed by atoms with Gasteiger partial charge in [-0.3, -0.25) is 4.99 Å². The molecule has 2 atom stereocenters. The number of hydrogen-bond acceptors (Lipinski definition) is 3. The first-order valence-electron chi connectivity index (χ1n) is 9.07. The molecule has 0 radical (unpaired) electrons. The van der Waals surface area contributed by atoms with Crippen molar-refractivity contribution in [1.82, 2.24) is 9.47 Å². The van der Waals surface area contributed by atoms with Gasteiger partial charge in [-0.2, -0.15) is 18.4 Å². The van der Waals surface area contributed by atoms with Crippen LogP contribution in [0.1, 0.15) is 37.2 Å². The number of fused-ring (bicyclic) bond motifs is 1. The lowest BCUT2D eigenvalue weighted by Gasteiger charge is -2.36. The first-order chi connectivity index (χ1) is 13.3. The third-order valence-corrected chi connectivity index (χ3v) is 5.33. The number of alkyl halides is 3. The second-order valence-corrected chi connectivity index (χ2v) is 7.27. The van der Waals surface area contributed by atoms with Crippen LogP contribution in [0, 0.1) is 23.1 Å². The Hall–Kier alpha value is -2.82. The minimum atomic E-state index is -4.46. The highest BCUT2D eigenvalue weighted by atomic mass is 19.4. The summed E-state index contributed by atoms with van der Waals surface area (Å²) in [5, 5.41) is 10.2. The average molecular weight is 390 g/mol. The SMILES string of the molecule is C[C@H](N1C=CC=NC1c1c(C#N)c2cc(F)ccc2n1CC1CC1)C(F)(F)F. The maximum Gasteiger partial charge on any atom is 0.408 e. The van der Waals surface area contributed by atoms with Crippen LogP contribution in [0.2, 0.25) is 0 Å². The summed E-state index contributed by atoms with van der Waals surface area (Å²) in [7, 11) is 0.